The minimum Gasteiger partial charge on any atom is -0.357 e. The van der Waals surface area contributed by atoms with Gasteiger partial charge in [0.15, 0.2) is 5.96 Å². The van der Waals surface area contributed by atoms with Gasteiger partial charge in [0.05, 0.1) is 0 Å². The second-order valence-electron chi connectivity index (χ2n) is 6.44. The highest BCUT2D eigenvalue weighted by atomic mass is 32.1. The Hall–Kier alpha value is -1.07. The van der Waals surface area contributed by atoms with Gasteiger partial charge in [0.1, 0.15) is 0 Å². The molecule has 1 aliphatic heterocycles. The molecule has 0 spiro atoms. The smallest absolute Gasteiger partial charge is 0.191 e. The Morgan fingerprint density at radius 2 is 2.14 bits per heavy atom. The molecule has 122 valence electrons. The third kappa shape index (κ3) is 4.99. The van der Waals surface area contributed by atoms with Gasteiger partial charge in [0, 0.05) is 30.6 Å². The van der Waals surface area contributed by atoms with Gasteiger partial charge >= 0.3 is 0 Å². The fourth-order valence-corrected chi connectivity index (χ4v) is 3.66. The van der Waals surface area contributed by atoms with E-state index in [1.54, 1.807) is 0 Å². The maximum absolute atomic E-state index is 4.80. The molecule has 3 rings (SSSR count). The van der Waals surface area contributed by atoms with Crippen molar-refractivity contribution in [3.05, 3.63) is 22.4 Å². The monoisotopic (exact) mass is 320 g/mol. The van der Waals surface area contributed by atoms with E-state index in [4.69, 9.17) is 4.99 Å². The summed E-state index contributed by atoms with van der Waals surface area (Å²) in [7, 11) is 0. The normalized spacial score (nSPS) is 21.0. The Morgan fingerprint density at radius 1 is 1.32 bits per heavy atom. The van der Waals surface area contributed by atoms with Crippen LogP contribution in [-0.4, -0.2) is 43.1 Å². The van der Waals surface area contributed by atoms with Gasteiger partial charge in [0.2, 0.25) is 0 Å². The van der Waals surface area contributed by atoms with E-state index in [0.717, 1.165) is 31.5 Å². The number of nitrogens with one attached hydrogen (secondary N) is 2. The number of nitrogens with zero attached hydrogens (tertiary/aromatic N) is 2. The van der Waals surface area contributed by atoms with E-state index in [1.165, 1.54) is 43.6 Å². The molecule has 0 aromatic carbocycles. The zero-order valence-corrected chi connectivity index (χ0v) is 14.4. The summed E-state index contributed by atoms with van der Waals surface area (Å²) >= 11 is 1.87. The SMILES string of the molecule is CCNC(=NCC1CCN(Cc2cccs2)CC1)NC1CC1. The summed E-state index contributed by atoms with van der Waals surface area (Å²) in [6, 6.07) is 5.06. The minimum absolute atomic E-state index is 0.672. The van der Waals surface area contributed by atoms with Crippen LogP contribution in [0.25, 0.3) is 0 Å². The summed E-state index contributed by atoms with van der Waals surface area (Å²) in [6.45, 7) is 7.59. The van der Waals surface area contributed by atoms with E-state index in [2.05, 4.69) is 40.0 Å². The van der Waals surface area contributed by atoms with E-state index in [1.807, 2.05) is 11.3 Å². The molecule has 2 fully saturated rings. The lowest BCUT2D eigenvalue weighted by atomic mass is 9.97. The molecule has 0 bridgehead atoms. The molecule has 5 heteroatoms. The minimum atomic E-state index is 0.672. The van der Waals surface area contributed by atoms with Gasteiger partial charge in [-0.2, -0.15) is 0 Å². The van der Waals surface area contributed by atoms with Crippen LogP contribution in [0.1, 0.15) is 37.5 Å². The van der Waals surface area contributed by atoms with Gasteiger partial charge in [-0.25, -0.2) is 0 Å². The summed E-state index contributed by atoms with van der Waals surface area (Å²) in [6.07, 6.45) is 5.15. The van der Waals surface area contributed by atoms with Crippen molar-refractivity contribution in [1.82, 2.24) is 15.5 Å². The highest BCUT2D eigenvalue weighted by Crippen LogP contribution is 2.21. The fourth-order valence-electron chi connectivity index (χ4n) is 2.91. The van der Waals surface area contributed by atoms with Crippen molar-refractivity contribution in [1.29, 1.82) is 0 Å². The molecular weight excluding hydrogens is 292 g/mol. The van der Waals surface area contributed by atoms with Gasteiger partial charge in [-0.1, -0.05) is 6.07 Å². The summed E-state index contributed by atoms with van der Waals surface area (Å²) < 4.78 is 0. The Kier molecular flexibility index (Phi) is 5.73. The molecule has 0 unspecified atom stereocenters. The van der Waals surface area contributed by atoms with Crippen molar-refractivity contribution in [3.8, 4) is 0 Å². The molecule has 1 aromatic heterocycles. The Bertz CT molecular complexity index is 459. The molecular formula is C17H28N4S. The molecule has 2 heterocycles. The van der Waals surface area contributed by atoms with Crippen molar-refractivity contribution < 1.29 is 0 Å². The van der Waals surface area contributed by atoms with Crippen LogP contribution in [0.3, 0.4) is 0 Å². The lowest BCUT2D eigenvalue weighted by molar-refractivity contribution is 0.182. The molecule has 0 radical (unpaired) electrons. The molecule has 1 saturated heterocycles. The van der Waals surface area contributed by atoms with Crippen LogP contribution in [0, 0.1) is 5.92 Å². The molecule has 0 amide bonds. The highest BCUT2D eigenvalue weighted by molar-refractivity contribution is 7.09. The highest BCUT2D eigenvalue weighted by Gasteiger charge is 2.23. The largest absolute Gasteiger partial charge is 0.357 e. The number of guanidine groups is 1. The Morgan fingerprint density at radius 3 is 2.77 bits per heavy atom. The van der Waals surface area contributed by atoms with E-state index >= 15 is 0 Å². The topological polar surface area (TPSA) is 39.7 Å². The second kappa shape index (κ2) is 7.97. The lowest BCUT2D eigenvalue weighted by Gasteiger charge is -2.31. The van der Waals surface area contributed by atoms with Crippen LogP contribution in [0.15, 0.2) is 22.5 Å². The first kappa shape index (κ1) is 15.8. The lowest BCUT2D eigenvalue weighted by Crippen LogP contribution is -2.39. The quantitative estimate of drug-likeness (QED) is 0.625. The first-order chi connectivity index (χ1) is 10.8. The zero-order valence-electron chi connectivity index (χ0n) is 13.6. The molecule has 1 saturated carbocycles. The maximum atomic E-state index is 4.80. The first-order valence-electron chi connectivity index (χ1n) is 8.63. The van der Waals surface area contributed by atoms with Crippen molar-refractivity contribution in [2.24, 2.45) is 10.9 Å². The standard InChI is InChI=1S/C17H28N4S/c1-2-18-17(20-15-5-6-15)19-12-14-7-9-21(10-8-14)13-16-4-3-11-22-16/h3-4,11,14-15H,2,5-10,12-13H2,1H3,(H2,18,19,20). The van der Waals surface area contributed by atoms with Crippen molar-refractivity contribution in [3.63, 3.8) is 0 Å². The van der Waals surface area contributed by atoms with Crippen LogP contribution in [0.5, 0.6) is 0 Å². The van der Waals surface area contributed by atoms with Gasteiger partial charge in [-0.15, -0.1) is 11.3 Å². The first-order valence-corrected chi connectivity index (χ1v) is 9.51. The van der Waals surface area contributed by atoms with E-state index in [-0.39, 0.29) is 0 Å². The van der Waals surface area contributed by atoms with E-state index in [0.29, 0.717) is 6.04 Å². The van der Waals surface area contributed by atoms with Crippen LogP contribution in [0.4, 0.5) is 0 Å². The second-order valence-corrected chi connectivity index (χ2v) is 7.47. The third-order valence-electron chi connectivity index (χ3n) is 4.44. The summed E-state index contributed by atoms with van der Waals surface area (Å²) in [5.41, 5.74) is 0. The van der Waals surface area contributed by atoms with Crippen LogP contribution >= 0.6 is 11.3 Å². The number of aliphatic imine (C=N–C) groups is 1. The van der Waals surface area contributed by atoms with E-state index in [9.17, 15) is 0 Å². The summed E-state index contributed by atoms with van der Waals surface area (Å²) in [5, 5.41) is 9.03. The Labute approximate surface area is 138 Å². The van der Waals surface area contributed by atoms with Gasteiger partial charge in [0.25, 0.3) is 0 Å². The number of likely N-dealkylation sites (tertiary alicyclic amines) is 1. The average Bonchev–Trinajstić information content (AvgIpc) is 3.20. The van der Waals surface area contributed by atoms with Crippen LogP contribution in [0.2, 0.25) is 0 Å². The summed E-state index contributed by atoms with van der Waals surface area (Å²) in [5.74, 6) is 1.76. The number of thiophene rings is 1. The average molecular weight is 321 g/mol. The van der Waals surface area contributed by atoms with Gasteiger partial charge in [-0.3, -0.25) is 9.89 Å². The molecule has 4 nitrogen and oxygen atoms in total. The molecule has 0 atom stereocenters. The van der Waals surface area contributed by atoms with Crippen LogP contribution in [-0.2, 0) is 6.54 Å². The molecule has 22 heavy (non-hydrogen) atoms. The summed E-state index contributed by atoms with van der Waals surface area (Å²) in [4.78, 5) is 8.86. The number of hydrogen-bond donors (Lipinski definition) is 2. The molecule has 1 aromatic rings. The van der Waals surface area contributed by atoms with Gasteiger partial charge < -0.3 is 10.6 Å². The van der Waals surface area contributed by atoms with Crippen molar-refractivity contribution in [2.75, 3.05) is 26.2 Å². The van der Waals surface area contributed by atoms with Crippen molar-refractivity contribution >= 4 is 17.3 Å². The number of rotatable bonds is 6. The zero-order chi connectivity index (χ0) is 15.2. The van der Waals surface area contributed by atoms with Crippen molar-refractivity contribution in [2.45, 2.75) is 45.2 Å². The number of hydrogen-bond acceptors (Lipinski definition) is 3. The Balaban J connectivity index is 1.40. The van der Waals surface area contributed by atoms with Crippen LogP contribution < -0.4 is 10.6 Å². The molecule has 2 aliphatic rings. The predicted molar refractivity (Wildman–Crippen MR) is 94.5 cm³/mol. The molecule has 2 N–H and O–H groups in total. The van der Waals surface area contributed by atoms with Gasteiger partial charge in [-0.05, 0) is 63.1 Å². The predicted octanol–water partition coefficient (Wildman–Crippen LogP) is 2.68. The number of piperidine rings is 1. The fraction of sp³-hybridized carbons (Fsp3) is 0.706. The van der Waals surface area contributed by atoms with E-state index < -0.39 is 0 Å². The third-order valence-corrected chi connectivity index (χ3v) is 5.30. The molecule has 1 aliphatic carbocycles. The maximum Gasteiger partial charge on any atom is 0.191 e.